The molecule has 1 aliphatic rings. The molecule has 1 aromatic heterocycles. The molecule has 0 fully saturated rings. The standard InChI is InChI=1S/C82H73N3/c1-58-35-41-67(42-36-58)80(68-43-37-59(2)38-44-68)51-63-39-45-74(46-40-63)85(77-53-72-27-12-13-32-79(72)81(55-77)82-34-16-21-62(5)83-82)76-50-66(26-17-33-78(70-29-14-19-60(3)47-70)71-30-15-20-61(4)48-71)49-73(54-76)69-28-18-31-75(52-69)84(56-64-22-8-6-9-23-64)57-65-24-10-7-11-25-65/h6-11,14-26,28-31,33-55H,12-13,27,32,56-57H2,1-5H3/b26-17-. The molecule has 85 heavy (non-hydrogen) atoms. The monoisotopic (exact) mass is 1100 g/mol. The summed E-state index contributed by atoms with van der Waals surface area (Å²) in [5.41, 5.74) is 29.6. The summed E-state index contributed by atoms with van der Waals surface area (Å²) in [6, 6.07) is 94.0. The fraction of sp³-hybridized carbons (Fsp3) is 0.134. The Labute approximate surface area is 504 Å². The number of fused-ring (bicyclic) bond motifs is 1. The number of aryl methyl sites for hydroxylation is 6. The lowest BCUT2D eigenvalue weighted by molar-refractivity contribution is 0.686. The molecule has 3 heteroatoms. The van der Waals surface area contributed by atoms with Crippen LogP contribution in [0.15, 0.2) is 267 Å². The summed E-state index contributed by atoms with van der Waals surface area (Å²) in [7, 11) is 0. The van der Waals surface area contributed by atoms with Gasteiger partial charge in [-0.05, 0) is 211 Å². The van der Waals surface area contributed by atoms with Crippen LogP contribution in [0.2, 0.25) is 0 Å². The maximum absolute atomic E-state index is 5.20. The second-order valence-electron chi connectivity index (χ2n) is 23.1. The largest absolute Gasteiger partial charge is 0.363 e. The van der Waals surface area contributed by atoms with Gasteiger partial charge in [0, 0.05) is 47.1 Å². The van der Waals surface area contributed by atoms with Crippen molar-refractivity contribution in [2.75, 3.05) is 9.80 Å². The van der Waals surface area contributed by atoms with Gasteiger partial charge in [0.2, 0.25) is 0 Å². The average molecular weight is 1100 g/mol. The number of nitrogens with zero attached hydrogens (tertiary/aromatic N) is 3. The second kappa shape index (κ2) is 25.8. The van der Waals surface area contributed by atoms with Gasteiger partial charge in [-0.2, -0.15) is 0 Å². The molecule has 12 rings (SSSR count). The van der Waals surface area contributed by atoms with E-state index in [9.17, 15) is 0 Å². The summed E-state index contributed by atoms with van der Waals surface area (Å²) in [5, 5.41) is 0. The second-order valence-corrected chi connectivity index (χ2v) is 23.1. The Morgan fingerprint density at radius 1 is 0.412 bits per heavy atom. The SMILES string of the molecule is Cc1ccc(C(=Cc2ccc(N(c3cc(/C=C\C=C(c4cccc(C)c4)c4cccc(C)c4)cc(-c4cccc(N(Cc5ccccc5)Cc5ccccc5)c4)c3)c3cc4c(c(-c5cccc(C)n5)c3)CCCC4)cc2)c2ccc(C)cc2)cc1. The number of rotatable bonds is 17. The molecule has 0 saturated carbocycles. The fourth-order valence-corrected chi connectivity index (χ4v) is 12.0. The van der Waals surface area contributed by atoms with Crippen molar-refractivity contribution in [1.82, 2.24) is 4.98 Å². The van der Waals surface area contributed by atoms with Crippen LogP contribution in [0.5, 0.6) is 0 Å². The Morgan fingerprint density at radius 3 is 1.62 bits per heavy atom. The van der Waals surface area contributed by atoms with Gasteiger partial charge in [0.05, 0.1) is 5.69 Å². The molecular formula is C82H73N3. The Morgan fingerprint density at radius 2 is 1.00 bits per heavy atom. The molecule has 0 saturated heterocycles. The number of hydrogen-bond donors (Lipinski definition) is 0. The van der Waals surface area contributed by atoms with Crippen LogP contribution in [0.25, 0.3) is 45.7 Å². The van der Waals surface area contributed by atoms with Crippen LogP contribution in [0.1, 0.15) is 96.4 Å². The number of allylic oxidation sites excluding steroid dienone is 2. The molecule has 0 spiro atoms. The first-order valence-electron chi connectivity index (χ1n) is 30.1. The first kappa shape index (κ1) is 55.7. The maximum atomic E-state index is 5.20. The van der Waals surface area contributed by atoms with Crippen molar-refractivity contribution in [1.29, 1.82) is 0 Å². The molecule has 416 valence electrons. The number of benzene rings is 10. The molecule has 1 heterocycles. The highest BCUT2D eigenvalue weighted by atomic mass is 15.1. The van der Waals surface area contributed by atoms with Crippen LogP contribution in [-0.2, 0) is 25.9 Å². The number of aromatic nitrogens is 1. The van der Waals surface area contributed by atoms with Crippen molar-refractivity contribution in [3.8, 4) is 22.4 Å². The highest BCUT2D eigenvalue weighted by Gasteiger charge is 2.23. The van der Waals surface area contributed by atoms with E-state index < -0.39 is 0 Å². The molecular weight excluding hydrogens is 1030 g/mol. The Bertz CT molecular complexity index is 4070. The molecule has 0 amide bonds. The zero-order valence-electron chi connectivity index (χ0n) is 49.6. The maximum Gasteiger partial charge on any atom is 0.0708 e. The van der Waals surface area contributed by atoms with Gasteiger partial charge in [0.15, 0.2) is 0 Å². The summed E-state index contributed by atoms with van der Waals surface area (Å²) in [5.74, 6) is 0. The van der Waals surface area contributed by atoms with E-state index in [1.54, 1.807) is 0 Å². The van der Waals surface area contributed by atoms with Gasteiger partial charge < -0.3 is 9.80 Å². The first-order chi connectivity index (χ1) is 41.6. The first-order valence-corrected chi connectivity index (χ1v) is 30.1. The summed E-state index contributed by atoms with van der Waals surface area (Å²) in [6.07, 6.45) is 13.6. The minimum absolute atomic E-state index is 0.775. The van der Waals surface area contributed by atoms with Gasteiger partial charge in [-0.3, -0.25) is 4.98 Å². The van der Waals surface area contributed by atoms with Crippen LogP contribution in [0, 0.1) is 34.6 Å². The van der Waals surface area contributed by atoms with Crippen molar-refractivity contribution in [2.24, 2.45) is 0 Å². The fourth-order valence-electron chi connectivity index (χ4n) is 12.0. The van der Waals surface area contributed by atoms with Crippen LogP contribution in [-0.4, -0.2) is 4.98 Å². The third-order valence-corrected chi connectivity index (χ3v) is 16.4. The predicted molar refractivity (Wildman–Crippen MR) is 362 cm³/mol. The molecule has 0 radical (unpaired) electrons. The molecule has 0 N–H and O–H groups in total. The Hall–Kier alpha value is -9.83. The molecule has 3 nitrogen and oxygen atoms in total. The number of pyridine rings is 1. The van der Waals surface area contributed by atoms with Crippen LogP contribution in [0.4, 0.5) is 22.7 Å². The lowest BCUT2D eigenvalue weighted by Crippen LogP contribution is -2.22. The van der Waals surface area contributed by atoms with E-state index in [4.69, 9.17) is 4.98 Å². The summed E-state index contributed by atoms with van der Waals surface area (Å²) >= 11 is 0. The van der Waals surface area contributed by atoms with Crippen molar-refractivity contribution in [3.05, 3.63) is 351 Å². The lowest BCUT2D eigenvalue weighted by atomic mass is 9.86. The van der Waals surface area contributed by atoms with Gasteiger partial charge in [-0.15, -0.1) is 0 Å². The summed E-state index contributed by atoms with van der Waals surface area (Å²) < 4.78 is 0. The molecule has 1 aliphatic carbocycles. The molecule has 0 atom stereocenters. The number of anilines is 4. The third kappa shape index (κ3) is 13.5. The average Bonchev–Trinajstić information content (AvgIpc) is 3.38. The topological polar surface area (TPSA) is 19.4 Å². The van der Waals surface area contributed by atoms with Gasteiger partial charge in [0.1, 0.15) is 0 Å². The Balaban J connectivity index is 1.05. The van der Waals surface area contributed by atoms with E-state index in [-0.39, 0.29) is 0 Å². The normalized spacial score (nSPS) is 11.9. The van der Waals surface area contributed by atoms with Crippen molar-refractivity contribution < 1.29 is 0 Å². The van der Waals surface area contributed by atoms with Crippen molar-refractivity contribution >= 4 is 46.0 Å². The third-order valence-electron chi connectivity index (χ3n) is 16.4. The van der Waals surface area contributed by atoms with E-state index in [2.05, 4.69) is 324 Å². The zero-order chi connectivity index (χ0) is 58.1. The minimum Gasteiger partial charge on any atom is -0.363 e. The lowest BCUT2D eigenvalue weighted by Gasteiger charge is -2.30. The molecule has 0 bridgehead atoms. The van der Waals surface area contributed by atoms with E-state index in [0.717, 1.165) is 88.7 Å². The summed E-state index contributed by atoms with van der Waals surface area (Å²) in [6.45, 7) is 12.3. The van der Waals surface area contributed by atoms with Crippen molar-refractivity contribution in [2.45, 2.75) is 73.4 Å². The quantitative estimate of drug-likeness (QED) is 0.0669. The van der Waals surface area contributed by atoms with E-state index in [1.807, 2.05) is 0 Å². The Kier molecular flexibility index (Phi) is 16.9. The van der Waals surface area contributed by atoms with E-state index in [1.165, 1.54) is 89.9 Å². The highest BCUT2D eigenvalue weighted by Crippen LogP contribution is 2.44. The molecule has 11 aromatic rings. The summed E-state index contributed by atoms with van der Waals surface area (Å²) in [4.78, 5) is 10.2. The highest BCUT2D eigenvalue weighted by molar-refractivity contribution is 5.93. The predicted octanol–water partition coefficient (Wildman–Crippen LogP) is 21.2. The number of hydrogen-bond acceptors (Lipinski definition) is 3. The van der Waals surface area contributed by atoms with Gasteiger partial charge in [-0.25, -0.2) is 0 Å². The molecule has 0 aliphatic heterocycles. The van der Waals surface area contributed by atoms with Gasteiger partial charge in [-0.1, -0.05) is 229 Å². The van der Waals surface area contributed by atoms with Crippen molar-refractivity contribution in [3.63, 3.8) is 0 Å². The van der Waals surface area contributed by atoms with E-state index >= 15 is 0 Å². The van der Waals surface area contributed by atoms with E-state index in [0.29, 0.717) is 0 Å². The van der Waals surface area contributed by atoms with Crippen LogP contribution in [0.3, 0.4) is 0 Å². The minimum atomic E-state index is 0.775. The zero-order valence-corrected chi connectivity index (χ0v) is 49.6. The smallest absolute Gasteiger partial charge is 0.0708 e. The van der Waals surface area contributed by atoms with Gasteiger partial charge >= 0.3 is 0 Å². The van der Waals surface area contributed by atoms with Gasteiger partial charge in [0.25, 0.3) is 0 Å². The molecule has 0 unspecified atom stereocenters. The molecule has 10 aromatic carbocycles. The van der Waals surface area contributed by atoms with Crippen LogP contribution < -0.4 is 9.80 Å². The van der Waals surface area contributed by atoms with Crippen LogP contribution >= 0.6 is 0 Å².